The maximum atomic E-state index is 11.4. The first kappa shape index (κ1) is 13.0. The second-order valence-electron chi connectivity index (χ2n) is 3.55. The molecule has 5 heteroatoms. The molecule has 0 aliphatic rings. The van der Waals surface area contributed by atoms with Gasteiger partial charge in [0.25, 0.3) is 0 Å². The summed E-state index contributed by atoms with van der Waals surface area (Å²) in [5.74, 6) is -0.366. The van der Waals surface area contributed by atoms with Crippen molar-refractivity contribution in [2.45, 2.75) is 32.1 Å². The highest BCUT2D eigenvalue weighted by molar-refractivity contribution is 6.30. The molecule has 0 saturated carbocycles. The van der Waals surface area contributed by atoms with E-state index >= 15 is 0 Å². The third-order valence-corrected chi connectivity index (χ3v) is 2.60. The van der Waals surface area contributed by atoms with Gasteiger partial charge in [-0.05, 0) is 18.9 Å². The number of esters is 1. The van der Waals surface area contributed by atoms with Crippen molar-refractivity contribution >= 4 is 17.6 Å². The average Bonchev–Trinajstić information content (AvgIpc) is 2.59. The predicted octanol–water partition coefficient (Wildman–Crippen LogP) is 1.70. The van der Waals surface area contributed by atoms with Crippen molar-refractivity contribution in [2.75, 3.05) is 6.61 Å². The van der Waals surface area contributed by atoms with Crippen LogP contribution in [-0.2, 0) is 29.4 Å². The van der Waals surface area contributed by atoms with Gasteiger partial charge in [-0.3, -0.25) is 9.48 Å². The summed E-state index contributed by atoms with van der Waals surface area (Å²) in [6.07, 6.45) is 3.20. The van der Waals surface area contributed by atoms with Crippen LogP contribution in [0.1, 0.15) is 25.1 Å². The monoisotopic (exact) mass is 244 g/mol. The Kier molecular flexibility index (Phi) is 4.80. The van der Waals surface area contributed by atoms with Gasteiger partial charge in [0, 0.05) is 19.7 Å². The maximum absolute atomic E-state index is 11.4. The summed E-state index contributed by atoms with van der Waals surface area (Å²) < 4.78 is 6.60. The number of alkyl halides is 1. The fraction of sp³-hybridized carbons (Fsp3) is 0.636. The Bertz CT molecular complexity index is 363. The molecule has 0 amide bonds. The number of halogens is 1. The SMILES string of the molecule is CCOC(=O)C(Cl)Cc1cn(C)nc1CC. The fourth-order valence-electron chi connectivity index (χ4n) is 1.56. The first-order chi connectivity index (χ1) is 7.58. The number of hydrogen-bond acceptors (Lipinski definition) is 3. The second kappa shape index (κ2) is 5.89. The van der Waals surface area contributed by atoms with E-state index < -0.39 is 5.38 Å². The number of aromatic nitrogens is 2. The topological polar surface area (TPSA) is 44.1 Å². The molecule has 0 bridgehead atoms. The lowest BCUT2D eigenvalue weighted by Crippen LogP contribution is -2.20. The molecule has 0 aliphatic carbocycles. The van der Waals surface area contributed by atoms with Crippen LogP contribution in [0, 0.1) is 0 Å². The molecule has 1 aromatic rings. The molecule has 1 atom stereocenters. The Morgan fingerprint density at radius 1 is 1.62 bits per heavy atom. The van der Waals surface area contributed by atoms with E-state index in [0.29, 0.717) is 13.0 Å². The summed E-state index contributed by atoms with van der Waals surface area (Å²) in [7, 11) is 1.86. The molecule has 1 unspecified atom stereocenters. The van der Waals surface area contributed by atoms with Gasteiger partial charge in [-0.15, -0.1) is 11.6 Å². The average molecular weight is 245 g/mol. The van der Waals surface area contributed by atoms with Crippen LogP contribution in [0.25, 0.3) is 0 Å². The molecule has 1 heterocycles. The molecule has 0 N–H and O–H groups in total. The second-order valence-corrected chi connectivity index (χ2v) is 4.08. The zero-order chi connectivity index (χ0) is 12.1. The zero-order valence-electron chi connectivity index (χ0n) is 9.86. The van der Waals surface area contributed by atoms with E-state index in [0.717, 1.165) is 17.7 Å². The van der Waals surface area contributed by atoms with E-state index in [4.69, 9.17) is 16.3 Å². The molecule has 0 fully saturated rings. The molecule has 1 rings (SSSR count). The normalized spacial score (nSPS) is 12.5. The molecular weight excluding hydrogens is 228 g/mol. The molecule has 1 aromatic heterocycles. The number of rotatable bonds is 5. The first-order valence-corrected chi connectivity index (χ1v) is 5.84. The summed E-state index contributed by atoms with van der Waals surface area (Å²) in [4.78, 5) is 11.4. The van der Waals surface area contributed by atoms with Crippen LogP contribution < -0.4 is 0 Å². The molecule has 16 heavy (non-hydrogen) atoms. The maximum Gasteiger partial charge on any atom is 0.324 e. The van der Waals surface area contributed by atoms with Gasteiger partial charge in [0.05, 0.1) is 12.3 Å². The molecule has 0 aliphatic heterocycles. The van der Waals surface area contributed by atoms with E-state index in [1.54, 1.807) is 11.6 Å². The largest absolute Gasteiger partial charge is 0.465 e. The highest BCUT2D eigenvalue weighted by Crippen LogP contribution is 2.14. The Morgan fingerprint density at radius 2 is 2.31 bits per heavy atom. The van der Waals surface area contributed by atoms with Gasteiger partial charge < -0.3 is 4.74 Å². The van der Waals surface area contributed by atoms with Crippen LogP contribution in [0.2, 0.25) is 0 Å². The fourth-order valence-corrected chi connectivity index (χ4v) is 1.79. The zero-order valence-corrected chi connectivity index (χ0v) is 10.6. The molecule has 0 saturated heterocycles. The summed E-state index contributed by atoms with van der Waals surface area (Å²) in [6.45, 7) is 4.15. The van der Waals surface area contributed by atoms with Crippen molar-refractivity contribution < 1.29 is 9.53 Å². The van der Waals surface area contributed by atoms with Crippen molar-refractivity contribution in [1.29, 1.82) is 0 Å². The Balaban J connectivity index is 2.68. The minimum Gasteiger partial charge on any atom is -0.465 e. The molecule has 90 valence electrons. The molecule has 0 aromatic carbocycles. The van der Waals surface area contributed by atoms with Gasteiger partial charge >= 0.3 is 5.97 Å². The van der Waals surface area contributed by atoms with Crippen LogP contribution >= 0.6 is 11.6 Å². The van der Waals surface area contributed by atoms with Crippen LogP contribution in [0.3, 0.4) is 0 Å². The van der Waals surface area contributed by atoms with Crippen LogP contribution in [-0.4, -0.2) is 27.7 Å². The Labute approximate surface area is 101 Å². The van der Waals surface area contributed by atoms with Crippen molar-refractivity contribution in [2.24, 2.45) is 7.05 Å². The van der Waals surface area contributed by atoms with Crippen LogP contribution in [0.15, 0.2) is 6.20 Å². The van der Waals surface area contributed by atoms with E-state index in [1.807, 2.05) is 20.2 Å². The molecule has 0 spiro atoms. The number of aryl methyl sites for hydroxylation is 2. The van der Waals surface area contributed by atoms with Gasteiger partial charge in [0.15, 0.2) is 0 Å². The van der Waals surface area contributed by atoms with Gasteiger partial charge in [0.2, 0.25) is 0 Å². The van der Waals surface area contributed by atoms with Gasteiger partial charge in [0.1, 0.15) is 5.38 Å². The summed E-state index contributed by atoms with van der Waals surface area (Å²) >= 11 is 5.97. The lowest BCUT2D eigenvalue weighted by atomic mass is 10.1. The highest BCUT2D eigenvalue weighted by Gasteiger charge is 2.19. The number of carbonyl (C=O) groups excluding carboxylic acids is 1. The van der Waals surface area contributed by atoms with E-state index in [1.165, 1.54) is 0 Å². The van der Waals surface area contributed by atoms with Crippen molar-refractivity contribution in [3.05, 3.63) is 17.5 Å². The van der Waals surface area contributed by atoms with Gasteiger partial charge in [-0.25, -0.2) is 0 Å². The minimum atomic E-state index is -0.630. The third kappa shape index (κ3) is 3.23. The smallest absolute Gasteiger partial charge is 0.324 e. The van der Waals surface area contributed by atoms with Crippen LogP contribution in [0.5, 0.6) is 0 Å². The third-order valence-electron chi connectivity index (χ3n) is 2.27. The lowest BCUT2D eigenvalue weighted by Gasteiger charge is -2.07. The lowest BCUT2D eigenvalue weighted by molar-refractivity contribution is -0.142. The van der Waals surface area contributed by atoms with Crippen molar-refractivity contribution in [3.8, 4) is 0 Å². The van der Waals surface area contributed by atoms with Crippen molar-refractivity contribution in [1.82, 2.24) is 9.78 Å². The molecular formula is C11H17ClN2O2. The highest BCUT2D eigenvalue weighted by atomic mass is 35.5. The molecule has 0 radical (unpaired) electrons. The van der Waals surface area contributed by atoms with E-state index in [-0.39, 0.29) is 5.97 Å². The van der Waals surface area contributed by atoms with Crippen molar-refractivity contribution in [3.63, 3.8) is 0 Å². The number of carbonyl (C=O) groups is 1. The first-order valence-electron chi connectivity index (χ1n) is 5.40. The Morgan fingerprint density at radius 3 is 2.88 bits per heavy atom. The summed E-state index contributed by atoms with van der Waals surface area (Å²) in [5, 5.41) is 3.66. The van der Waals surface area contributed by atoms with E-state index in [9.17, 15) is 4.79 Å². The molecule has 4 nitrogen and oxygen atoms in total. The predicted molar refractivity (Wildman–Crippen MR) is 62.6 cm³/mol. The summed E-state index contributed by atoms with van der Waals surface area (Å²) in [5.41, 5.74) is 2.00. The van der Waals surface area contributed by atoms with E-state index in [2.05, 4.69) is 5.10 Å². The van der Waals surface area contributed by atoms with Gasteiger partial charge in [-0.1, -0.05) is 6.92 Å². The quantitative estimate of drug-likeness (QED) is 0.585. The minimum absolute atomic E-state index is 0.357. The standard InChI is InChI=1S/C11H17ClN2O2/c1-4-10-8(7-14(3)13-10)6-9(12)11(15)16-5-2/h7,9H,4-6H2,1-3H3. The number of hydrogen-bond donors (Lipinski definition) is 0. The number of nitrogens with zero attached hydrogens (tertiary/aromatic N) is 2. The summed E-state index contributed by atoms with van der Waals surface area (Å²) in [6, 6.07) is 0. The van der Waals surface area contributed by atoms with Crippen LogP contribution in [0.4, 0.5) is 0 Å². The Hall–Kier alpha value is -1.03. The number of ether oxygens (including phenoxy) is 1. The van der Waals surface area contributed by atoms with Gasteiger partial charge in [-0.2, -0.15) is 5.10 Å².